The average molecular weight is 289 g/mol. The average Bonchev–Trinajstić information content (AvgIpc) is 2.51. The highest BCUT2D eigenvalue weighted by molar-refractivity contribution is 5.96. The molecule has 0 saturated carbocycles. The van der Waals surface area contributed by atoms with Gasteiger partial charge in [-0.1, -0.05) is 26.8 Å². The number of nitrogens with zero attached hydrogens (tertiary/aromatic N) is 2. The smallest absolute Gasteiger partial charge is 0.246 e. The van der Waals surface area contributed by atoms with E-state index in [-0.39, 0.29) is 11.8 Å². The van der Waals surface area contributed by atoms with Crippen LogP contribution in [0.2, 0.25) is 0 Å². The van der Waals surface area contributed by atoms with Crippen molar-refractivity contribution in [2.24, 2.45) is 0 Å². The molecule has 2 heterocycles. The molecule has 0 aromatic carbocycles. The van der Waals surface area contributed by atoms with E-state index in [1.54, 1.807) is 11.1 Å². The summed E-state index contributed by atoms with van der Waals surface area (Å²) in [6.07, 6.45) is 3.83. The van der Waals surface area contributed by atoms with Crippen LogP contribution in [0.4, 0.5) is 0 Å². The minimum atomic E-state index is -0.408. The van der Waals surface area contributed by atoms with Crippen molar-refractivity contribution in [2.45, 2.75) is 58.7 Å². The first-order chi connectivity index (χ1) is 10.1. The Labute approximate surface area is 125 Å². The van der Waals surface area contributed by atoms with Crippen molar-refractivity contribution in [2.75, 3.05) is 0 Å². The molecule has 1 aromatic rings. The molecule has 0 bridgehead atoms. The van der Waals surface area contributed by atoms with Gasteiger partial charge in [-0.25, -0.2) is 0 Å². The molecule has 1 aromatic heterocycles. The quantitative estimate of drug-likeness (QED) is 0.896. The van der Waals surface area contributed by atoms with Gasteiger partial charge in [0.05, 0.1) is 12.2 Å². The van der Waals surface area contributed by atoms with E-state index in [9.17, 15) is 9.59 Å². The fraction of sp³-hybridized carbons (Fsp3) is 0.562. The maximum absolute atomic E-state index is 12.6. The second-order valence-corrected chi connectivity index (χ2v) is 5.32. The molecular formula is C16H23N3O2. The van der Waals surface area contributed by atoms with Crippen molar-refractivity contribution >= 4 is 11.8 Å². The van der Waals surface area contributed by atoms with E-state index >= 15 is 0 Å². The summed E-state index contributed by atoms with van der Waals surface area (Å²) in [5.74, 6) is -0.0606. The number of amides is 2. The highest BCUT2D eigenvalue weighted by Gasteiger charge is 2.38. The number of piperazine rings is 1. The van der Waals surface area contributed by atoms with E-state index in [0.29, 0.717) is 19.4 Å². The summed E-state index contributed by atoms with van der Waals surface area (Å²) in [7, 11) is 0. The second kappa shape index (κ2) is 6.70. The number of hydrogen-bond donors (Lipinski definition) is 1. The maximum atomic E-state index is 12.6. The lowest BCUT2D eigenvalue weighted by molar-refractivity contribution is -0.150. The van der Waals surface area contributed by atoms with Gasteiger partial charge in [-0.05, 0) is 30.9 Å². The molecule has 0 aliphatic carbocycles. The van der Waals surface area contributed by atoms with Crippen molar-refractivity contribution in [1.29, 1.82) is 0 Å². The van der Waals surface area contributed by atoms with Crippen molar-refractivity contribution in [3.63, 3.8) is 0 Å². The summed E-state index contributed by atoms with van der Waals surface area (Å²) in [4.78, 5) is 30.8. The summed E-state index contributed by atoms with van der Waals surface area (Å²) < 4.78 is 0. The molecule has 5 heteroatoms. The summed E-state index contributed by atoms with van der Waals surface area (Å²) in [5, 5.41) is 2.81. The first-order valence-electron chi connectivity index (χ1n) is 7.65. The van der Waals surface area contributed by atoms with Gasteiger partial charge in [-0.2, -0.15) is 0 Å². The van der Waals surface area contributed by atoms with Gasteiger partial charge < -0.3 is 10.2 Å². The summed E-state index contributed by atoms with van der Waals surface area (Å²) in [5.41, 5.74) is 2.01. The van der Waals surface area contributed by atoms with E-state index in [2.05, 4.69) is 17.2 Å². The van der Waals surface area contributed by atoms with Crippen LogP contribution in [0.5, 0.6) is 0 Å². The minimum Gasteiger partial charge on any atom is -0.343 e. The lowest BCUT2D eigenvalue weighted by Gasteiger charge is -2.38. The van der Waals surface area contributed by atoms with Gasteiger partial charge in [0.25, 0.3) is 0 Å². The molecule has 5 nitrogen and oxygen atoms in total. The molecule has 0 spiro atoms. The van der Waals surface area contributed by atoms with Crippen LogP contribution in [-0.4, -0.2) is 33.8 Å². The van der Waals surface area contributed by atoms with Crippen molar-refractivity contribution in [1.82, 2.24) is 15.2 Å². The van der Waals surface area contributed by atoms with Gasteiger partial charge in [-0.3, -0.25) is 14.6 Å². The SMILES string of the molecule is CCc1cccnc1CN1C(=O)C(CC)NC(=O)C1CC. The van der Waals surface area contributed by atoms with Gasteiger partial charge in [0, 0.05) is 6.20 Å². The Bertz CT molecular complexity index is 530. The number of rotatable bonds is 5. The first-order valence-corrected chi connectivity index (χ1v) is 7.65. The van der Waals surface area contributed by atoms with Crippen LogP contribution in [0.25, 0.3) is 0 Å². The number of aromatic nitrogens is 1. The molecule has 1 aliphatic rings. The van der Waals surface area contributed by atoms with Crippen molar-refractivity contribution < 1.29 is 9.59 Å². The highest BCUT2D eigenvalue weighted by atomic mass is 16.2. The molecule has 114 valence electrons. The van der Waals surface area contributed by atoms with Crippen LogP contribution in [0.3, 0.4) is 0 Å². The van der Waals surface area contributed by atoms with Crippen molar-refractivity contribution in [3.8, 4) is 0 Å². The van der Waals surface area contributed by atoms with Gasteiger partial charge in [0.1, 0.15) is 12.1 Å². The Morgan fingerprint density at radius 2 is 2.00 bits per heavy atom. The number of carbonyl (C=O) groups excluding carboxylic acids is 2. The standard InChI is InChI=1S/C16H23N3O2/c1-4-11-8-7-9-17-13(11)10-19-14(6-3)15(20)18-12(5-2)16(19)21/h7-9,12,14H,4-6,10H2,1-3H3,(H,18,20). The van der Waals surface area contributed by atoms with E-state index in [1.165, 1.54) is 0 Å². The predicted molar refractivity (Wildman–Crippen MR) is 80.5 cm³/mol. The lowest BCUT2D eigenvalue weighted by atomic mass is 10.0. The molecule has 2 unspecified atom stereocenters. The van der Waals surface area contributed by atoms with E-state index in [0.717, 1.165) is 17.7 Å². The molecule has 2 amide bonds. The van der Waals surface area contributed by atoms with Crippen LogP contribution >= 0.6 is 0 Å². The number of pyridine rings is 1. The third-order valence-electron chi connectivity index (χ3n) is 4.06. The van der Waals surface area contributed by atoms with Crippen LogP contribution in [0, 0.1) is 0 Å². The zero-order valence-corrected chi connectivity index (χ0v) is 12.9. The Morgan fingerprint density at radius 1 is 1.24 bits per heavy atom. The Balaban J connectivity index is 2.29. The fourth-order valence-electron chi connectivity index (χ4n) is 2.79. The zero-order chi connectivity index (χ0) is 15.4. The largest absolute Gasteiger partial charge is 0.343 e. The predicted octanol–water partition coefficient (Wildman–Crippen LogP) is 1.66. The fourth-order valence-corrected chi connectivity index (χ4v) is 2.79. The Morgan fingerprint density at radius 3 is 2.62 bits per heavy atom. The Hall–Kier alpha value is -1.91. The summed E-state index contributed by atoms with van der Waals surface area (Å²) in [6, 6.07) is 3.12. The molecule has 1 N–H and O–H groups in total. The Kier molecular flexibility index (Phi) is 4.94. The van der Waals surface area contributed by atoms with Crippen LogP contribution < -0.4 is 5.32 Å². The molecule has 2 atom stereocenters. The lowest BCUT2D eigenvalue weighted by Crippen LogP contribution is -2.62. The molecule has 0 radical (unpaired) electrons. The number of nitrogens with one attached hydrogen (secondary N) is 1. The normalized spacial score (nSPS) is 22.3. The highest BCUT2D eigenvalue weighted by Crippen LogP contribution is 2.19. The molecule has 2 rings (SSSR count). The number of hydrogen-bond acceptors (Lipinski definition) is 3. The monoisotopic (exact) mass is 289 g/mol. The molecule has 21 heavy (non-hydrogen) atoms. The zero-order valence-electron chi connectivity index (χ0n) is 12.9. The second-order valence-electron chi connectivity index (χ2n) is 5.32. The maximum Gasteiger partial charge on any atom is 0.246 e. The number of carbonyl (C=O) groups is 2. The van der Waals surface area contributed by atoms with Gasteiger partial charge in [-0.15, -0.1) is 0 Å². The van der Waals surface area contributed by atoms with Crippen LogP contribution in [0.1, 0.15) is 44.9 Å². The van der Waals surface area contributed by atoms with E-state index < -0.39 is 12.1 Å². The third-order valence-corrected chi connectivity index (χ3v) is 4.06. The third kappa shape index (κ3) is 3.06. The van der Waals surface area contributed by atoms with Crippen molar-refractivity contribution in [3.05, 3.63) is 29.6 Å². The number of aryl methyl sites for hydroxylation is 1. The van der Waals surface area contributed by atoms with Crippen LogP contribution in [0.15, 0.2) is 18.3 Å². The van der Waals surface area contributed by atoms with Crippen LogP contribution in [-0.2, 0) is 22.6 Å². The van der Waals surface area contributed by atoms with Gasteiger partial charge in [0.2, 0.25) is 11.8 Å². The summed E-state index contributed by atoms with van der Waals surface area (Å²) >= 11 is 0. The summed E-state index contributed by atoms with van der Waals surface area (Å²) in [6.45, 7) is 6.31. The molecular weight excluding hydrogens is 266 g/mol. The minimum absolute atomic E-state index is 0.00310. The van der Waals surface area contributed by atoms with Gasteiger partial charge in [0.15, 0.2) is 0 Å². The molecule has 1 saturated heterocycles. The first kappa shape index (κ1) is 15.5. The van der Waals surface area contributed by atoms with Gasteiger partial charge >= 0.3 is 0 Å². The molecule has 1 fully saturated rings. The molecule has 1 aliphatic heterocycles. The topological polar surface area (TPSA) is 62.3 Å². The van der Waals surface area contributed by atoms with E-state index in [1.807, 2.05) is 26.0 Å². The van der Waals surface area contributed by atoms with E-state index in [4.69, 9.17) is 0 Å².